The summed E-state index contributed by atoms with van der Waals surface area (Å²) in [6.07, 6.45) is 0.476. The summed E-state index contributed by atoms with van der Waals surface area (Å²) in [5.41, 5.74) is 11.4. The minimum atomic E-state index is -1.74. The topological polar surface area (TPSA) is 364 Å². The average molecular weight is 1070 g/mol. The molecule has 0 unspecified atom stereocenters. The highest BCUT2D eigenvalue weighted by atomic mass is 32.2. The molecule has 72 heavy (non-hydrogen) atoms. The van der Waals surface area contributed by atoms with Crippen molar-refractivity contribution in [2.24, 2.45) is 22.4 Å². The van der Waals surface area contributed by atoms with Gasteiger partial charge in [-0.05, 0) is 65.0 Å². The Labute approximate surface area is 432 Å². The quantitative estimate of drug-likeness (QED) is 0.0526. The Hall–Kier alpha value is -5.60. The van der Waals surface area contributed by atoms with E-state index in [2.05, 4.69) is 52.8 Å². The number of thioether (sulfide) groups is 3. The van der Waals surface area contributed by atoms with Crippen LogP contribution in [0.2, 0.25) is 0 Å². The van der Waals surface area contributed by atoms with E-state index in [0.717, 1.165) is 23.5 Å². The maximum atomic E-state index is 14.3. The second-order valence-electron chi connectivity index (χ2n) is 18.6. The predicted molar refractivity (Wildman–Crippen MR) is 277 cm³/mol. The van der Waals surface area contributed by atoms with Crippen LogP contribution in [0.5, 0.6) is 0 Å². The zero-order valence-corrected chi connectivity index (χ0v) is 43.9. The first kappa shape index (κ1) is 60.7. The second-order valence-corrected chi connectivity index (χ2v) is 22.1. The van der Waals surface area contributed by atoms with Gasteiger partial charge in [-0.15, -0.1) is 35.3 Å². The summed E-state index contributed by atoms with van der Waals surface area (Å²) in [4.78, 5) is 141. The van der Waals surface area contributed by atoms with Gasteiger partial charge in [0, 0.05) is 46.8 Å². The lowest BCUT2D eigenvalue weighted by molar-refractivity contribution is -0.141. The molecule has 2 heterocycles. The zero-order chi connectivity index (χ0) is 53.4. The maximum Gasteiger partial charge on any atom is 0.305 e. The molecule has 8 amide bonds. The van der Waals surface area contributed by atoms with E-state index in [0.29, 0.717) is 24.9 Å². The fraction of sp³-hybridized carbons (Fsp3) is 0.630. The standard InChI is InChI=1S/C46H72N12O11S3/c1-26(2)38(63)32-21-70-24-36(60)52-29(14-9-10-17-51-46(3,4)5)40(65)57-33-22-71-25-72-23-34(44(69)55-30(41(66)56-32)18-27-12-7-6-8-13-27)58-42(67)31(19-37(61)62)53-35(59)20-50-39(64)28(54-43(33)68)15-11-16-49-45(47)48/h6-8,12-13,26,28-34,51H,9-11,14-25H2,1-5H3,(H,50,64)(H,52,60)(H,53,59)(H,54,68)(H,55,69)(H,56,66)(H,57,65)(H,58,67)(H,61,62)(H4,47,48,49)/t28-,29-,30-,31-,32-,33-,34-/m0/s1. The monoisotopic (exact) mass is 1060 g/mol. The number of unbranched alkanes of at least 4 members (excludes halogenated alkanes) is 1. The molecule has 2 aliphatic heterocycles. The largest absolute Gasteiger partial charge is 0.481 e. The molecule has 2 saturated heterocycles. The molecule has 0 spiro atoms. The number of nitrogens with zero attached hydrogens (tertiary/aromatic N) is 1. The van der Waals surface area contributed by atoms with Crippen molar-refractivity contribution in [3.05, 3.63) is 35.9 Å². The van der Waals surface area contributed by atoms with E-state index in [4.69, 9.17) is 11.5 Å². The lowest BCUT2D eigenvalue weighted by Crippen LogP contribution is -2.60. The number of guanidine groups is 1. The van der Waals surface area contributed by atoms with Gasteiger partial charge in [0.25, 0.3) is 0 Å². The number of nitrogens with one attached hydrogen (secondary N) is 9. The molecule has 23 nitrogen and oxygen atoms in total. The first-order chi connectivity index (χ1) is 34.0. The predicted octanol–water partition coefficient (Wildman–Crippen LogP) is -1.77. The fourth-order valence-electron chi connectivity index (χ4n) is 7.18. The Bertz CT molecular complexity index is 2070. The summed E-state index contributed by atoms with van der Waals surface area (Å²) in [5, 5.41) is 34.2. The molecule has 400 valence electrons. The minimum absolute atomic E-state index is 0.0387. The van der Waals surface area contributed by atoms with Crippen LogP contribution in [0.4, 0.5) is 0 Å². The number of carboxylic acids is 1. The number of ketones is 1. The van der Waals surface area contributed by atoms with E-state index in [1.54, 1.807) is 44.2 Å². The SMILES string of the molecule is CC(C)C(=O)[C@@H]1CSCC(=O)N[C@@H](CCCCNC(C)(C)C)C(=O)N[C@H]2CSCSC[C@H](NC(=O)[C@H](CC(=O)O)NC(=O)CNC(=O)[C@H](CCCN=C(N)N)NC2=O)C(=O)N[C@@H](Cc2ccccc2)C(=O)N1. The van der Waals surface area contributed by atoms with Crippen LogP contribution < -0.4 is 59.3 Å². The summed E-state index contributed by atoms with van der Waals surface area (Å²) in [5.74, 6) is -9.67. The van der Waals surface area contributed by atoms with Crippen molar-refractivity contribution in [3.63, 3.8) is 0 Å². The van der Waals surface area contributed by atoms with Crippen LogP contribution in [-0.2, 0) is 54.4 Å². The molecule has 2 bridgehead atoms. The van der Waals surface area contributed by atoms with Gasteiger partial charge in [-0.25, -0.2) is 0 Å². The van der Waals surface area contributed by atoms with Crippen molar-refractivity contribution in [1.29, 1.82) is 0 Å². The van der Waals surface area contributed by atoms with Gasteiger partial charge < -0.3 is 64.4 Å². The molecule has 0 aromatic heterocycles. The molecule has 3 rings (SSSR count). The maximum absolute atomic E-state index is 14.3. The van der Waals surface area contributed by atoms with Crippen LogP contribution in [0.15, 0.2) is 35.3 Å². The number of amides is 8. The Morgan fingerprint density at radius 3 is 1.86 bits per heavy atom. The molecule has 26 heteroatoms. The van der Waals surface area contributed by atoms with E-state index in [1.165, 1.54) is 11.8 Å². The van der Waals surface area contributed by atoms with Crippen LogP contribution in [0.25, 0.3) is 0 Å². The number of Topliss-reactive ketones (excluding diaryl/α,β-unsaturated/α-hetero) is 1. The third kappa shape index (κ3) is 23.3. The highest BCUT2D eigenvalue weighted by Crippen LogP contribution is 2.18. The first-order valence-electron chi connectivity index (χ1n) is 23.7. The summed E-state index contributed by atoms with van der Waals surface area (Å²) < 4.78 is 0. The molecule has 7 atom stereocenters. The van der Waals surface area contributed by atoms with Gasteiger partial charge >= 0.3 is 5.97 Å². The van der Waals surface area contributed by atoms with Crippen molar-refractivity contribution in [2.45, 2.75) is 127 Å². The molecule has 0 aliphatic carbocycles. The fourth-order valence-corrected chi connectivity index (χ4v) is 10.2. The first-order valence-corrected chi connectivity index (χ1v) is 27.2. The second kappa shape index (κ2) is 31.1. The lowest BCUT2D eigenvalue weighted by Gasteiger charge is -2.27. The number of hydrogen-bond acceptors (Lipinski definition) is 15. The summed E-state index contributed by atoms with van der Waals surface area (Å²) in [6, 6.07) is -0.681. The number of benzene rings is 1. The van der Waals surface area contributed by atoms with Crippen LogP contribution in [0, 0.1) is 5.92 Å². The van der Waals surface area contributed by atoms with Crippen LogP contribution >= 0.6 is 35.3 Å². The number of carboxylic acid groups (broad SMARTS) is 1. The molecule has 2 aliphatic rings. The lowest BCUT2D eigenvalue weighted by atomic mass is 10.0. The van der Waals surface area contributed by atoms with Crippen LogP contribution in [0.3, 0.4) is 0 Å². The number of rotatable bonds is 15. The Morgan fingerprint density at radius 2 is 1.26 bits per heavy atom. The minimum Gasteiger partial charge on any atom is -0.481 e. The number of hydrogen-bond donors (Lipinski definition) is 12. The number of carbonyl (C=O) groups excluding carboxylic acids is 9. The van der Waals surface area contributed by atoms with E-state index in [1.807, 2.05) is 20.8 Å². The summed E-state index contributed by atoms with van der Waals surface area (Å²) >= 11 is 3.32. The van der Waals surface area contributed by atoms with Crippen molar-refractivity contribution >= 4 is 100 Å². The molecule has 0 radical (unpaired) electrons. The Morgan fingerprint density at radius 1 is 0.694 bits per heavy atom. The Balaban J connectivity index is 2.15. The molecule has 2 fully saturated rings. The Kier molecular flexibility index (Phi) is 26.2. The molecular weight excluding hydrogens is 993 g/mol. The van der Waals surface area contributed by atoms with Gasteiger partial charge in [0.1, 0.15) is 36.3 Å². The number of nitrogens with two attached hydrogens (primary N) is 2. The molecule has 1 aromatic carbocycles. The number of aliphatic imine (C=N–C) groups is 1. The smallest absolute Gasteiger partial charge is 0.305 e. The van der Waals surface area contributed by atoms with Gasteiger partial charge in [-0.2, -0.15) is 0 Å². The number of carbonyl (C=O) groups is 10. The highest BCUT2D eigenvalue weighted by Gasteiger charge is 2.35. The molecular formula is C46H72N12O11S3. The van der Waals surface area contributed by atoms with Gasteiger partial charge in [0.05, 0.1) is 24.8 Å². The van der Waals surface area contributed by atoms with E-state index >= 15 is 0 Å². The van der Waals surface area contributed by atoms with E-state index in [-0.39, 0.29) is 77.6 Å². The van der Waals surface area contributed by atoms with Crippen LogP contribution in [0.1, 0.15) is 78.7 Å². The highest BCUT2D eigenvalue weighted by molar-refractivity contribution is 8.16. The third-order valence-electron chi connectivity index (χ3n) is 10.9. The van der Waals surface area contributed by atoms with Gasteiger partial charge in [0.2, 0.25) is 47.3 Å². The van der Waals surface area contributed by atoms with Gasteiger partial charge in [-0.1, -0.05) is 44.2 Å². The normalized spacial score (nSPS) is 24.2. The van der Waals surface area contributed by atoms with Crippen molar-refractivity contribution in [1.82, 2.24) is 47.9 Å². The van der Waals surface area contributed by atoms with Gasteiger partial charge in [-0.3, -0.25) is 52.9 Å². The third-order valence-corrected chi connectivity index (χ3v) is 14.4. The van der Waals surface area contributed by atoms with Crippen LogP contribution in [-0.4, -0.2) is 166 Å². The van der Waals surface area contributed by atoms with Gasteiger partial charge in [0.15, 0.2) is 11.7 Å². The number of aliphatic carboxylic acids is 1. The van der Waals surface area contributed by atoms with Crippen molar-refractivity contribution < 1.29 is 53.1 Å². The summed E-state index contributed by atoms with van der Waals surface area (Å²) in [6.45, 7) is 9.26. The molecule has 14 N–H and O–H groups in total. The number of fused-ring (bicyclic) bond motifs is 6. The summed E-state index contributed by atoms with van der Waals surface area (Å²) in [7, 11) is 0. The molecule has 0 saturated carbocycles. The van der Waals surface area contributed by atoms with Crippen molar-refractivity contribution in [2.75, 3.05) is 47.7 Å². The average Bonchev–Trinajstić information content (AvgIpc) is 3.30. The van der Waals surface area contributed by atoms with Crippen molar-refractivity contribution in [3.8, 4) is 0 Å². The van der Waals surface area contributed by atoms with E-state index < -0.39 is 114 Å². The van der Waals surface area contributed by atoms with E-state index in [9.17, 15) is 53.1 Å². The zero-order valence-electron chi connectivity index (χ0n) is 41.5. The molecule has 1 aromatic rings.